The van der Waals surface area contributed by atoms with E-state index >= 15 is 0 Å². The first-order valence-electron chi connectivity index (χ1n) is 4.45. The lowest BCUT2D eigenvalue weighted by molar-refractivity contribution is 1.86. The predicted molar refractivity (Wildman–Crippen MR) is 81.5 cm³/mol. The van der Waals surface area contributed by atoms with Crippen molar-refractivity contribution in [2.24, 2.45) is 0 Å². The molecule has 0 nitrogen and oxygen atoms in total. The van der Waals surface area contributed by atoms with E-state index in [2.05, 4.69) is 52.2 Å². The monoisotopic (exact) mass is 238 g/mol. The topological polar surface area (TPSA) is 0 Å². The van der Waals surface area contributed by atoms with Gasteiger partial charge >= 0.3 is 0 Å². The summed E-state index contributed by atoms with van der Waals surface area (Å²) < 4.78 is 0. The van der Waals surface area contributed by atoms with Crippen molar-refractivity contribution in [2.75, 3.05) is 45.1 Å². The summed E-state index contributed by atoms with van der Waals surface area (Å²) in [6.45, 7) is 8.86. The summed E-state index contributed by atoms with van der Waals surface area (Å²) in [6.07, 6.45) is 13.0. The summed E-state index contributed by atoms with van der Waals surface area (Å²) in [6, 6.07) is 0. The second kappa shape index (κ2) is 4.18. The van der Waals surface area contributed by atoms with Gasteiger partial charge in [-0.25, -0.2) is 0 Å². The fraction of sp³-hybridized carbons (Fsp3) is 0.700. The minimum absolute atomic E-state index is 0.896. The van der Waals surface area contributed by atoms with Gasteiger partial charge in [0.05, 0.1) is 0 Å². The molecule has 0 aliphatic heterocycles. The van der Waals surface area contributed by atoms with Crippen molar-refractivity contribution in [3.63, 3.8) is 0 Å². The maximum Gasteiger partial charge on any atom is -0.0137 e. The molecule has 0 atom stereocenters. The van der Waals surface area contributed by atoms with Crippen LogP contribution in [0.4, 0.5) is 0 Å². The second-order valence-corrected chi connectivity index (χ2v) is 19.0. The maximum atomic E-state index is 4.43. The SMILES string of the molecule is C=P(C)(C)CP(=C)(C)CP(=C)(C)C. The Bertz CT molecular complexity index is 272. The van der Waals surface area contributed by atoms with Crippen LogP contribution in [0.2, 0.25) is 0 Å². The molecule has 0 aromatic rings. The first kappa shape index (κ1) is 13.9. The van der Waals surface area contributed by atoms with E-state index in [1.165, 1.54) is 11.8 Å². The molecule has 0 spiro atoms. The Hall–Kier alpha value is 0.900. The standard InChI is InChI=1S/C10H25P3/c1-11(2,3)9-13(7,8)10-12(4,5)6/h1,4,7,9-10H2,2-3,5-6,8H3. The molecular weight excluding hydrogens is 213 g/mol. The van der Waals surface area contributed by atoms with Gasteiger partial charge in [0, 0.05) is 0 Å². The summed E-state index contributed by atoms with van der Waals surface area (Å²) in [7, 11) is 0. The number of hydrogen-bond acceptors (Lipinski definition) is 0. The Morgan fingerprint density at radius 3 is 1.08 bits per heavy atom. The molecule has 0 rings (SSSR count). The lowest BCUT2D eigenvalue weighted by atomic mass is 11.8. The molecule has 0 radical (unpaired) electrons. The molecule has 0 bridgehead atoms. The Morgan fingerprint density at radius 2 is 0.923 bits per heavy atom. The summed E-state index contributed by atoms with van der Waals surface area (Å²) in [4.78, 5) is 0. The van der Waals surface area contributed by atoms with Crippen LogP contribution in [0, 0.1) is 0 Å². The Morgan fingerprint density at radius 1 is 0.692 bits per heavy atom. The van der Waals surface area contributed by atoms with Crippen molar-refractivity contribution >= 4 is 39.6 Å². The van der Waals surface area contributed by atoms with Crippen LogP contribution >= 0.6 is 20.7 Å². The molecule has 0 saturated carbocycles. The van der Waals surface area contributed by atoms with E-state index in [-0.39, 0.29) is 0 Å². The van der Waals surface area contributed by atoms with E-state index in [4.69, 9.17) is 0 Å². The van der Waals surface area contributed by atoms with Gasteiger partial charge in [0.2, 0.25) is 0 Å². The first-order valence-corrected chi connectivity index (χ1v) is 13.3. The third kappa shape index (κ3) is 9.21. The van der Waals surface area contributed by atoms with Gasteiger partial charge in [-0.3, -0.25) is 0 Å². The van der Waals surface area contributed by atoms with Crippen molar-refractivity contribution < 1.29 is 0 Å². The molecule has 0 amide bonds. The van der Waals surface area contributed by atoms with Gasteiger partial charge in [-0.2, -0.15) is 0 Å². The van der Waals surface area contributed by atoms with E-state index in [1.54, 1.807) is 0 Å². The Labute approximate surface area is 85.1 Å². The van der Waals surface area contributed by atoms with Crippen LogP contribution in [0.3, 0.4) is 0 Å². The summed E-state index contributed by atoms with van der Waals surface area (Å²) in [5.41, 5.74) is 0. The van der Waals surface area contributed by atoms with Gasteiger partial charge in [-0.1, -0.05) is 0 Å². The molecule has 0 aliphatic carbocycles. The Balaban J connectivity index is 4.54. The number of rotatable bonds is 4. The zero-order valence-electron chi connectivity index (χ0n) is 9.88. The largest absolute Gasteiger partial charge is 0.114 e. The average molecular weight is 238 g/mol. The fourth-order valence-electron chi connectivity index (χ4n) is 1.89. The predicted octanol–water partition coefficient (Wildman–Crippen LogP) is 3.40. The van der Waals surface area contributed by atoms with E-state index in [0.717, 1.165) is 0 Å². The van der Waals surface area contributed by atoms with Crippen LogP contribution in [0.15, 0.2) is 0 Å². The third-order valence-corrected chi connectivity index (χ3v) is 13.0. The lowest BCUT2D eigenvalue weighted by Crippen LogP contribution is -1.95. The highest BCUT2D eigenvalue weighted by Crippen LogP contribution is 2.61. The minimum Gasteiger partial charge on any atom is -0.114 e. The molecule has 3 heteroatoms. The minimum atomic E-state index is -0.962. The van der Waals surface area contributed by atoms with Crippen LogP contribution in [0.25, 0.3) is 0 Å². The van der Waals surface area contributed by atoms with Gasteiger partial charge in [-0.15, -0.1) is 39.6 Å². The molecule has 13 heavy (non-hydrogen) atoms. The van der Waals surface area contributed by atoms with Crippen LogP contribution in [-0.4, -0.2) is 64.0 Å². The smallest absolute Gasteiger partial charge is 0.0137 e. The molecule has 0 fully saturated rings. The van der Waals surface area contributed by atoms with E-state index in [9.17, 15) is 0 Å². The van der Waals surface area contributed by atoms with Gasteiger partial charge in [0.25, 0.3) is 0 Å². The van der Waals surface area contributed by atoms with E-state index < -0.39 is 20.7 Å². The van der Waals surface area contributed by atoms with Crippen molar-refractivity contribution in [1.29, 1.82) is 0 Å². The highest BCUT2D eigenvalue weighted by Gasteiger charge is 2.15. The van der Waals surface area contributed by atoms with E-state index in [0.29, 0.717) is 0 Å². The second-order valence-electron chi connectivity index (χ2n) is 5.77. The molecule has 0 unspecified atom stereocenters. The lowest BCUT2D eigenvalue weighted by Gasteiger charge is -2.29. The van der Waals surface area contributed by atoms with Crippen molar-refractivity contribution in [1.82, 2.24) is 0 Å². The third-order valence-electron chi connectivity index (χ3n) is 1.45. The summed E-state index contributed by atoms with van der Waals surface area (Å²) in [5.74, 6) is 2.58. The van der Waals surface area contributed by atoms with Gasteiger partial charge in [-0.05, 0) is 45.1 Å². The maximum absolute atomic E-state index is 4.43. The van der Waals surface area contributed by atoms with Gasteiger partial charge in [0.1, 0.15) is 0 Å². The first-order chi connectivity index (χ1) is 5.41. The van der Waals surface area contributed by atoms with Crippen molar-refractivity contribution in [3.8, 4) is 0 Å². The quantitative estimate of drug-likeness (QED) is 0.658. The van der Waals surface area contributed by atoms with Crippen LogP contribution in [-0.2, 0) is 0 Å². The summed E-state index contributed by atoms with van der Waals surface area (Å²) in [5, 5.41) is 0. The molecule has 0 N–H and O–H groups in total. The zero-order valence-corrected chi connectivity index (χ0v) is 12.6. The highest BCUT2D eigenvalue weighted by atomic mass is 31.2. The van der Waals surface area contributed by atoms with Crippen LogP contribution in [0.1, 0.15) is 0 Å². The molecule has 0 aromatic heterocycles. The number of hydrogen-bond donors (Lipinski definition) is 0. The fourth-order valence-corrected chi connectivity index (χ4v) is 17.8. The molecule has 0 aliphatic rings. The molecule has 0 aromatic carbocycles. The van der Waals surface area contributed by atoms with Crippen LogP contribution in [0.5, 0.6) is 0 Å². The highest BCUT2D eigenvalue weighted by molar-refractivity contribution is 7.95. The van der Waals surface area contributed by atoms with Gasteiger partial charge in [0.15, 0.2) is 0 Å². The molecule has 0 saturated heterocycles. The molecule has 0 heterocycles. The summed E-state index contributed by atoms with van der Waals surface area (Å²) >= 11 is 0. The van der Waals surface area contributed by atoms with E-state index in [1.807, 2.05) is 0 Å². The zero-order chi connectivity index (χ0) is 10.9. The van der Waals surface area contributed by atoms with Crippen molar-refractivity contribution in [2.45, 2.75) is 0 Å². The molecular formula is C10H25P3. The van der Waals surface area contributed by atoms with Crippen LogP contribution < -0.4 is 0 Å². The van der Waals surface area contributed by atoms with Crippen molar-refractivity contribution in [3.05, 3.63) is 0 Å². The molecule has 80 valence electrons. The Kier molecular flexibility index (Phi) is 4.47. The normalized spacial score (nSPS) is 14.5. The van der Waals surface area contributed by atoms with Gasteiger partial charge < -0.3 is 0 Å². The average Bonchev–Trinajstić information content (AvgIpc) is 1.43.